The van der Waals surface area contributed by atoms with Crippen LogP contribution in [-0.4, -0.2) is 22.9 Å². The fraction of sp³-hybridized carbons (Fsp3) is 0.571. The molecule has 5 nitrogen and oxygen atoms in total. The lowest BCUT2D eigenvalue weighted by atomic mass is 9.99. The molecule has 1 atom stereocenters. The van der Waals surface area contributed by atoms with Crippen LogP contribution in [0.5, 0.6) is 0 Å². The number of anilines is 1. The molecule has 0 aliphatic rings. The van der Waals surface area contributed by atoms with Gasteiger partial charge in [0.25, 0.3) is 0 Å². The minimum Gasteiger partial charge on any atom is -0.355 e. The van der Waals surface area contributed by atoms with Crippen molar-refractivity contribution < 1.29 is 30.9 Å². The lowest BCUT2D eigenvalue weighted by Crippen LogP contribution is -2.34. The van der Waals surface area contributed by atoms with Crippen molar-refractivity contribution in [1.82, 2.24) is 10.1 Å². The summed E-state index contributed by atoms with van der Waals surface area (Å²) in [7, 11) is 0. The van der Waals surface area contributed by atoms with Crippen molar-refractivity contribution in [2.24, 2.45) is 0 Å². The van der Waals surface area contributed by atoms with Gasteiger partial charge in [0.05, 0.1) is 23.7 Å². The van der Waals surface area contributed by atoms with E-state index in [0.717, 1.165) is 37.8 Å². The molecular formula is C21H24F6N4O. The van der Waals surface area contributed by atoms with Crippen molar-refractivity contribution >= 4 is 5.69 Å². The van der Waals surface area contributed by atoms with E-state index in [4.69, 9.17) is 9.78 Å². The summed E-state index contributed by atoms with van der Waals surface area (Å²) in [5, 5.41) is 12.7. The Labute approximate surface area is 182 Å². The predicted molar refractivity (Wildman–Crippen MR) is 105 cm³/mol. The highest BCUT2D eigenvalue weighted by Gasteiger charge is 2.36. The highest BCUT2D eigenvalue weighted by atomic mass is 19.4. The highest BCUT2D eigenvalue weighted by molar-refractivity contribution is 5.55. The van der Waals surface area contributed by atoms with Gasteiger partial charge in [-0.25, -0.2) is 0 Å². The maximum atomic E-state index is 13.3. The first-order chi connectivity index (χ1) is 15.0. The molecule has 0 aliphatic heterocycles. The van der Waals surface area contributed by atoms with Crippen molar-refractivity contribution in [1.29, 1.82) is 5.26 Å². The van der Waals surface area contributed by atoms with Gasteiger partial charge in [-0.05, 0) is 31.0 Å². The molecule has 176 valence electrons. The van der Waals surface area contributed by atoms with Crippen LogP contribution in [0.15, 0.2) is 22.7 Å². The van der Waals surface area contributed by atoms with Gasteiger partial charge in [0.2, 0.25) is 5.89 Å². The van der Waals surface area contributed by atoms with Crippen LogP contribution in [-0.2, 0) is 12.7 Å². The average Bonchev–Trinajstić information content (AvgIpc) is 3.17. The van der Waals surface area contributed by atoms with Gasteiger partial charge in [-0.1, -0.05) is 38.3 Å². The van der Waals surface area contributed by atoms with Crippen molar-refractivity contribution in [3.8, 4) is 6.07 Å². The molecule has 32 heavy (non-hydrogen) atoms. The summed E-state index contributed by atoms with van der Waals surface area (Å²) >= 11 is 0. The maximum Gasteiger partial charge on any atom is 0.417 e. The molecule has 1 aromatic heterocycles. The van der Waals surface area contributed by atoms with Gasteiger partial charge in [0.1, 0.15) is 6.54 Å². The number of hydrogen-bond acceptors (Lipinski definition) is 5. The number of halogens is 6. The topological polar surface area (TPSA) is 66.0 Å². The van der Waals surface area contributed by atoms with E-state index in [2.05, 4.69) is 17.1 Å². The number of hydrogen-bond donors (Lipinski definition) is 0. The third kappa shape index (κ3) is 7.14. The third-order valence-corrected chi connectivity index (χ3v) is 4.98. The Morgan fingerprint density at radius 3 is 2.41 bits per heavy atom. The first-order valence-electron chi connectivity index (χ1n) is 10.2. The van der Waals surface area contributed by atoms with Gasteiger partial charge in [-0.3, -0.25) is 0 Å². The normalized spacial score (nSPS) is 13.1. The second kappa shape index (κ2) is 10.7. The van der Waals surface area contributed by atoms with Crippen LogP contribution < -0.4 is 4.90 Å². The summed E-state index contributed by atoms with van der Waals surface area (Å²) in [6.45, 7) is 1.98. The quantitative estimate of drug-likeness (QED) is 0.294. The fourth-order valence-electron chi connectivity index (χ4n) is 3.33. The first-order valence-corrected chi connectivity index (χ1v) is 10.2. The summed E-state index contributed by atoms with van der Waals surface area (Å²) in [5.41, 5.74) is -2.33. The number of rotatable bonds is 10. The molecule has 1 aromatic carbocycles. The molecule has 11 heteroatoms. The van der Waals surface area contributed by atoms with E-state index < -0.39 is 36.6 Å². The zero-order chi connectivity index (χ0) is 23.9. The fourth-order valence-corrected chi connectivity index (χ4v) is 3.33. The molecule has 0 fully saturated rings. The van der Waals surface area contributed by atoms with Crippen LogP contribution in [0.1, 0.15) is 74.7 Å². The summed E-state index contributed by atoms with van der Waals surface area (Å²) < 4.78 is 84.5. The molecule has 1 unspecified atom stereocenters. The van der Waals surface area contributed by atoms with E-state index in [9.17, 15) is 26.3 Å². The van der Waals surface area contributed by atoms with Crippen LogP contribution in [0, 0.1) is 11.3 Å². The standard InChI is InChI=1S/C21H24F6N4O/c1-3-5-6-7-14(4-2)19-29-18(30-32-19)12-31(13-20(22,23)24)16-9-8-15(11-28)17(10-16)21(25,26)27/h8-10,14H,3-7,12-13H2,1-2H3. The van der Waals surface area contributed by atoms with E-state index in [1.54, 1.807) is 0 Å². The molecule has 0 saturated heterocycles. The largest absolute Gasteiger partial charge is 0.417 e. The van der Waals surface area contributed by atoms with Gasteiger partial charge in [0.15, 0.2) is 5.82 Å². The number of nitriles is 1. The lowest BCUT2D eigenvalue weighted by molar-refractivity contribution is -0.137. The molecule has 0 aliphatic carbocycles. The van der Waals surface area contributed by atoms with Crippen LogP contribution in [0.4, 0.5) is 32.0 Å². The van der Waals surface area contributed by atoms with Crippen LogP contribution >= 0.6 is 0 Å². The number of benzene rings is 1. The average molecular weight is 462 g/mol. The Morgan fingerprint density at radius 1 is 1.12 bits per heavy atom. The van der Waals surface area contributed by atoms with Crippen LogP contribution in [0.25, 0.3) is 0 Å². The molecule has 0 radical (unpaired) electrons. The van der Waals surface area contributed by atoms with Crippen molar-refractivity contribution in [2.45, 2.75) is 70.8 Å². The molecule has 2 rings (SSSR count). The monoisotopic (exact) mass is 462 g/mol. The molecule has 0 bridgehead atoms. The van der Waals surface area contributed by atoms with E-state index in [0.29, 0.717) is 23.3 Å². The minimum atomic E-state index is -4.89. The Bertz CT molecular complexity index is 916. The Balaban J connectivity index is 2.32. The first kappa shape index (κ1) is 25.5. The summed E-state index contributed by atoms with van der Waals surface area (Å²) in [5.74, 6) is 0.211. The summed E-state index contributed by atoms with van der Waals surface area (Å²) in [4.78, 5) is 4.88. The minimum absolute atomic E-state index is 0.0365. The molecular weight excluding hydrogens is 438 g/mol. The van der Waals surface area contributed by atoms with Gasteiger partial charge < -0.3 is 9.42 Å². The molecule has 0 N–H and O–H groups in total. The van der Waals surface area contributed by atoms with Crippen molar-refractivity contribution in [2.75, 3.05) is 11.4 Å². The molecule has 1 heterocycles. The Hall–Kier alpha value is -2.77. The SMILES string of the molecule is CCCCCC(CC)c1nc(CN(CC(F)(F)F)c2ccc(C#N)c(C(F)(F)F)c2)no1. The smallest absolute Gasteiger partial charge is 0.355 e. The predicted octanol–water partition coefficient (Wildman–Crippen LogP) is 6.60. The van der Waals surface area contributed by atoms with Gasteiger partial charge in [-0.15, -0.1) is 0 Å². The van der Waals surface area contributed by atoms with Gasteiger partial charge in [0, 0.05) is 11.6 Å². The zero-order valence-corrected chi connectivity index (χ0v) is 17.7. The van der Waals surface area contributed by atoms with Crippen LogP contribution in [0.2, 0.25) is 0 Å². The molecule has 0 spiro atoms. The summed E-state index contributed by atoms with van der Waals surface area (Å²) in [6.07, 6.45) is -5.08. The van der Waals surface area contributed by atoms with E-state index >= 15 is 0 Å². The maximum absolute atomic E-state index is 13.3. The van der Waals surface area contributed by atoms with Crippen molar-refractivity contribution in [3.05, 3.63) is 41.0 Å². The van der Waals surface area contributed by atoms with Gasteiger partial charge >= 0.3 is 12.4 Å². The summed E-state index contributed by atoms with van der Waals surface area (Å²) in [6, 6.07) is 3.83. The Kier molecular flexibility index (Phi) is 8.52. The van der Waals surface area contributed by atoms with Gasteiger partial charge in [-0.2, -0.15) is 36.6 Å². The second-order valence-electron chi connectivity index (χ2n) is 7.46. The third-order valence-electron chi connectivity index (χ3n) is 4.98. The van der Waals surface area contributed by atoms with E-state index in [1.165, 1.54) is 6.07 Å². The number of aromatic nitrogens is 2. The molecule has 2 aromatic rings. The second-order valence-corrected chi connectivity index (χ2v) is 7.46. The number of alkyl halides is 6. The number of unbranched alkanes of at least 4 members (excludes halogenated alkanes) is 2. The van der Waals surface area contributed by atoms with E-state index in [-0.39, 0.29) is 17.4 Å². The zero-order valence-electron chi connectivity index (χ0n) is 17.7. The van der Waals surface area contributed by atoms with E-state index in [1.807, 2.05) is 6.92 Å². The highest BCUT2D eigenvalue weighted by Crippen LogP contribution is 2.35. The molecule has 0 saturated carbocycles. The number of nitrogens with zero attached hydrogens (tertiary/aromatic N) is 4. The van der Waals surface area contributed by atoms with Crippen LogP contribution in [0.3, 0.4) is 0 Å². The molecule has 0 amide bonds. The lowest BCUT2D eigenvalue weighted by Gasteiger charge is -2.25. The Morgan fingerprint density at radius 2 is 1.84 bits per heavy atom. The van der Waals surface area contributed by atoms with Crippen molar-refractivity contribution in [3.63, 3.8) is 0 Å².